The summed E-state index contributed by atoms with van der Waals surface area (Å²) in [4.78, 5) is -2.23. The highest BCUT2D eigenvalue weighted by molar-refractivity contribution is 7.99. The fourth-order valence-electron chi connectivity index (χ4n) is 1.82. The Morgan fingerprint density at radius 2 is 0.607 bits per heavy atom. The Hall–Kier alpha value is -1.82. The second-order valence-corrected chi connectivity index (χ2v) is 6.95. The fourth-order valence-corrected chi connectivity index (χ4v) is 3.49. The van der Waals surface area contributed by atoms with Crippen molar-refractivity contribution >= 4 is 23.5 Å². The van der Waals surface area contributed by atoms with Gasteiger partial charge in [0.05, 0.1) is 9.79 Å². The molecule has 0 amide bonds. The molecule has 0 aromatic heterocycles. The summed E-state index contributed by atoms with van der Waals surface area (Å²) >= 11 is 0.519. The third-order valence-corrected chi connectivity index (χ3v) is 5.17. The Morgan fingerprint density at radius 1 is 0.393 bits per heavy atom. The lowest BCUT2D eigenvalue weighted by atomic mass is 10.3. The van der Waals surface area contributed by atoms with Crippen LogP contribution in [0.1, 0.15) is 0 Å². The topological polar surface area (TPSA) is 0 Å². The lowest BCUT2D eigenvalue weighted by molar-refractivity contribution is 0.361. The van der Waals surface area contributed by atoms with Crippen molar-refractivity contribution in [2.24, 2.45) is 0 Å². The largest absolute Gasteiger partial charge is 0.202 e. The minimum atomic E-state index is -2.30. The average Bonchev–Trinajstić information content (AvgIpc) is 2.68. The zero-order valence-electron chi connectivity index (χ0n) is 13.2. The lowest BCUT2D eigenvalue weighted by Gasteiger charge is -2.07. The molecule has 0 nitrogen and oxygen atoms in total. The number of halogens is 10. The number of hydrogen-bond acceptors (Lipinski definition) is 2. The SMILES string of the molecule is Fc1c(F)c(F)c(SC/C=C\CSc2c(F)c(F)c(F)c(F)c2F)c(F)c1F. The van der Waals surface area contributed by atoms with E-state index in [4.69, 9.17) is 0 Å². The smallest absolute Gasteiger partial charge is 0.200 e. The van der Waals surface area contributed by atoms with Gasteiger partial charge in [-0.2, -0.15) is 0 Å². The highest BCUT2D eigenvalue weighted by Crippen LogP contribution is 2.32. The van der Waals surface area contributed by atoms with Crippen LogP contribution in [0, 0.1) is 58.2 Å². The van der Waals surface area contributed by atoms with Gasteiger partial charge in [-0.05, 0) is 0 Å². The van der Waals surface area contributed by atoms with Crippen LogP contribution in [0.2, 0.25) is 0 Å². The maximum Gasteiger partial charge on any atom is 0.200 e. The van der Waals surface area contributed by atoms with Gasteiger partial charge in [0.1, 0.15) is 0 Å². The third kappa shape index (κ3) is 4.27. The third-order valence-electron chi connectivity index (χ3n) is 3.15. The molecule has 0 N–H and O–H groups in total. The normalized spacial score (nSPS) is 11.6. The van der Waals surface area contributed by atoms with Gasteiger partial charge in [0.25, 0.3) is 0 Å². The number of thioether (sulfide) groups is 2. The van der Waals surface area contributed by atoms with Crippen molar-refractivity contribution in [3.05, 3.63) is 70.3 Å². The van der Waals surface area contributed by atoms with E-state index in [1.807, 2.05) is 0 Å². The first-order chi connectivity index (χ1) is 13.1. The highest BCUT2D eigenvalue weighted by Gasteiger charge is 2.26. The van der Waals surface area contributed by atoms with Gasteiger partial charge in [-0.1, -0.05) is 12.2 Å². The Balaban J connectivity index is 2.02. The van der Waals surface area contributed by atoms with Crippen molar-refractivity contribution in [3.63, 3.8) is 0 Å². The first-order valence-corrected chi connectivity index (χ1v) is 9.00. The number of hydrogen-bond donors (Lipinski definition) is 0. The quantitative estimate of drug-likeness (QED) is 0.161. The maximum absolute atomic E-state index is 13.4. The molecule has 0 unspecified atom stereocenters. The molecular weight excluding hydrogens is 446 g/mol. The van der Waals surface area contributed by atoms with Crippen molar-refractivity contribution < 1.29 is 43.9 Å². The summed E-state index contributed by atoms with van der Waals surface area (Å²) in [6.45, 7) is 0. The summed E-state index contributed by atoms with van der Waals surface area (Å²) in [5, 5.41) is 0. The van der Waals surface area contributed by atoms with Gasteiger partial charge in [-0.25, -0.2) is 43.9 Å². The zero-order chi connectivity index (χ0) is 21.2. The van der Waals surface area contributed by atoms with E-state index in [0.29, 0.717) is 0 Å². The Morgan fingerprint density at radius 3 is 0.857 bits per heavy atom. The van der Waals surface area contributed by atoms with E-state index in [9.17, 15) is 43.9 Å². The molecule has 0 saturated carbocycles. The second kappa shape index (κ2) is 9.12. The molecule has 2 rings (SSSR count). The summed E-state index contributed by atoms with van der Waals surface area (Å²) < 4.78 is 132. The molecule has 0 fully saturated rings. The van der Waals surface area contributed by atoms with Crippen LogP contribution in [0.4, 0.5) is 43.9 Å². The van der Waals surface area contributed by atoms with Crippen LogP contribution in [0.3, 0.4) is 0 Å². The molecule has 0 atom stereocenters. The van der Waals surface area contributed by atoms with Crippen molar-refractivity contribution in [2.45, 2.75) is 9.79 Å². The second-order valence-electron chi connectivity index (χ2n) is 4.89. The molecule has 0 radical (unpaired) electrons. The van der Waals surface area contributed by atoms with E-state index in [2.05, 4.69) is 0 Å². The standard InChI is InChI=1S/C16H6F10S2/c17-5-7(19)11(23)15(12(24)8(5)20)27-3-1-2-4-28-16-13(25)9(21)6(18)10(22)14(16)26/h1-2H,3-4H2/b2-1-. The molecular formula is C16H6F10S2. The lowest BCUT2D eigenvalue weighted by Crippen LogP contribution is -2.03. The molecule has 152 valence electrons. The molecule has 2 aromatic rings. The highest BCUT2D eigenvalue weighted by atomic mass is 32.2. The van der Waals surface area contributed by atoms with E-state index in [0.717, 1.165) is 12.2 Å². The van der Waals surface area contributed by atoms with Crippen molar-refractivity contribution in [2.75, 3.05) is 11.5 Å². The van der Waals surface area contributed by atoms with Crippen LogP contribution in [-0.4, -0.2) is 11.5 Å². The molecule has 0 aliphatic rings. The molecule has 28 heavy (non-hydrogen) atoms. The Labute approximate surface area is 159 Å². The summed E-state index contributed by atoms with van der Waals surface area (Å²) in [5.41, 5.74) is 0. The summed E-state index contributed by atoms with van der Waals surface area (Å²) in [6.07, 6.45) is 2.31. The van der Waals surface area contributed by atoms with Crippen LogP contribution in [-0.2, 0) is 0 Å². The van der Waals surface area contributed by atoms with Gasteiger partial charge in [0.15, 0.2) is 46.5 Å². The van der Waals surface area contributed by atoms with Crippen LogP contribution in [0.5, 0.6) is 0 Å². The fraction of sp³-hybridized carbons (Fsp3) is 0.125. The molecule has 0 spiro atoms. The molecule has 2 aromatic carbocycles. The van der Waals surface area contributed by atoms with Crippen LogP contribution >= 0.6 is 23.5 Å². The van der Waals surface area contributed by atoms with Crippen LogP contribution in [0.15, 0.2) is 21.9 Å². The monoisotopic (exact) mass is 452 g/mol. The van der Waals surface area contributed by atoms with E-state index in [-0.39, 0.29) is 35.0 Å². The summed E-state index contributed by atoms with van der Waals surface area (Å²) in [7, 11) is 0. The molecule has 0 heterocycles. The van der Waals surface area contributed by atoms with Gasteiger partial charge in [-0.15, -0.1) is 23.5 Å². The number of rotatable bonds is 6. The first-order valence-electron chi connectivity index (χ1n) is 7.03. The van der Waals surface area contributed by atoms with E-state index < -0.39 is 68.0 Å². The van der Waals surface area contributed by atoms with Crippen LogP contribution in [0.25, 0.3) is 0 Å². The zero-order valence-corrected chi connectivity index (χ0v) is 14.8. The summed E-state index contributed by atoms with van der Waals surface area (Å²) in [6, 6.07) is 0. The minimum absolute atomic E-state index is 0.260. The summed E-state index contributed by atoms with van der Waals surface area (Å²) in [5.74, 6) is -21.6. The van der Waals surface area contributed by atoms with E-state index in [1.165, 1.54) is 0 Å². The number of benzene rings is 2. The molecule has 0 bridgehead atoms. The minimum Gasteiger partial charge on any atom is -0.202 e. The van der Waals surface area contributed by atoms with Gasteiger partial charge >= 0.3 is 0 Å². The molecule has 0 aliphatic carbocycles. The molecule has 0 aliphatic heterocycles. The molecule has 0 saturated heterocycles. The first kappa shape index (κ1) is 22.5. The Bertz CT molecular complexity index is 808. The van der Waals surface area contributed by atoms with Gasteiger partial charge in [0.2, 0.25) is 11.6 Å². The van der Waals surface area contributed by atoms with Crippen molar-refractivity contribution in [1.29, 1.82) is 0 Å². The van der Waals surface area contributed by atoms with Gasteiger partial charge < -0.3 is 0 Å². The van der Waals surface area contributed by atoms with Crippen molar-refractivity contribution in [3.8, 4) is 0 Å². The van der Waals surface area contributed by atoms with Gasteiger partial charge in [0, 0.05) is 11.5 Å². The van der Waals surface area contributed by atoms with Gasteiger partial charge in [-0.3, -0.25) is 0 Å². The predicted octanol–water partition coefficient (Wildman–Crippen LogP) is 6.52. The van der Waals surface area contributed by atoms with Crippen LogP contribution < -0.4 is 0 Å². The van der Waals surface area contributed by atoms with E-state index in [1.54, 1.807) is 0 Å². The van der Waals surface area contributed by atoms with Crippen molar-refractivity contribution in [1.82, 2.24) is 0 Å². The Kier molecular flexibility index (Phi) is 7.32. The predicted molar refractivity (Wildman–Crippen MR) is 83.1 cm³/mol. The maximum atomic E-state index is 13.4. The molecule has 12 heteroatoms. The average molecular weight is 452 g/mol. The van der Waals surface area contributed by atoms with E-state index >= 15 is 0 Å².